The van der Waals surface area contributed by atoms with Crippen molar-refractivity contribution >= 4 is 29.9 Å². The van der Waals surface area contributed by atoms with E-state index in [0.717, 1.165) is 44.8 Å². The van der Waals surface area contributed by atoms with Gasteiger partial charge in [0, 0.05) is 43.8 Å². The molecule has 122 valence electrons. The molecule has 2 aliphatic heterocycles. The van der Waals surface area contributed by atoms with Crippen LogP contribution < -0.4 is 5.32 Å². The van der Waals surface area contributed by atoms with E-state index in [9.17, 15) is 4.79 Å². The van der Waals surface area contributed by atoms with Gasteiger partial charge in [-0.05, 0) is 30.7 Å². The lowest BCUT2D eigenvalue weighted by atomic mass is 10.1. The summed E-state index contributed by atoms with van der Waals surface area (Å²) in [5.74, 6) is 0.210. The molecular formula is C16H23Cl2N3O. The number of hydrogen-bond donors (Lipinski definition) is 1. The van der Waals surface area contributed by atoms with Gasteiger partial charge >= 0.3 is 0 Å². The van der Waals surface area contributed by atoms with Crippen LogP contribution in [0.5, 0.6) is 0 Å². The molecule has 2 saturated heterocycles. The summed E-state index contributed by atoms with van der Waals surface area (Å²) in [6, 6.07) is 8.24. The average molecular weight is 344 g/mol. The van der Waals surface area contributed by atoms with Crippen LogP contribution in [0.1, 0.15) is 12.0 Å². The molecule has 2 heterocycles. The quantitative estimate of drug-likeness (QED) is 0.909. The van der Waals surface area contributed by atoms with Gasteiger partial charge in [-0.15, -0.1) is 12.4 Å². The van der Waals surface area contributed by atoms with E-state index in [1.807, 2.05) is 29.2 Å². The highest BCUT2D eigenvalue weighted by Gasteiger charge is 2.27. The van der Waals surface area contributed by atoms with Crippen molar-refractivity contribution in [1.82, 2.24) is 15.1 Å². The van der Waals surface area contributed by atoms with Crippen molar-refractivity contribution in [2.75, 3.05) is 39.3 Å². The Morgan fingerprint density at radius 3 is 2.68 bits per heavy atom. The van der Waals surface area contributed by atoms with Gasteiger partial charge in [0.25, 0.3) is 0 Å². The van der Waals surface area contributed by atoms with Crippen LogP contribution in [0, 0.1) is 0 Å². The smallest absolute Gasteiger partial charge is 0.227 e. The van der Waals surface area contributed by atoms with Crippen LogP contribution in [0.2, 0.25) is 5.02 Å². The zero-order valence-electron chi connectivity index (χ0n) is 12.6. The summed E-state index contributed by atoms with van der Waals surface area (Å²) < 4.78 is 0. The third-order valence-corrected chi connectivity index (χ3v) is 4.70. The molecule has 1 amide bonds. The van der Waals surface area contributed by atoms with E-state index in [1.54, 1.807) is 0 Å². The summed E-state index contributed by atoms with van der Waals surface area (Å²) >= 11 is 5.97. The number of rotatable bonds is 3. The summed E-state index contributed by atoms with van der Waals surface area (Å²) in [6.07, 6.45) is 1.68. The van der Waals surface area contributed by atoms with Crippen LogP contribution in [0.25, 0.3) is 0 Å². The maximum atomic E-state index is 12.4. The van der Waals surface area contributed by atoms with E-state index in [-0.39, 0.29) is 18.3 Å². The van der Waals surface area contributed by atoms with Gasteiger partial charge < -0.3 is 10.2 Å². The fourth-order valence-corrected chi connectivity index (χ4v) is 3.43. The predicted octanol–water partition coefficient (Wildman–Crippen LogP) is 1.81. The zero-order valence-corrected chi connectivity index (χ0v) is 14.2. The number of carbonyl (C=O) groups excluding carboxylic acids is 1. The molecule has 0 saturated carbocycles. The molecule has 2 fully saturated rings. The van der Waals surface area contributed by atoms with E-state index < -0.39 is 0 Å². The lowest BCUT2D eigenvalue weighted by molar-refractivity contribution is -0.132. The molecule has 1 aromatic rings. The van der Waals surface area contributed by atoms with Crippen molar-refractivity contribution in [2.24, 2.45) is 0 Å². The Kier molecular flexibility index (Phi) is 6.50. The largest absolute Gasteiger partial charge is 0.340 e. The normalized spacial score (nSPS) is 22.4. The Hall–Kier alpha value is -0.810. The monoisotopic (exact) mass is 343 g/mol. The molecule has 0 aliphatic carbocycles. The molecule has 22 heavy (non-hydrogen) atoms. The standard InChI is InChI=1S/C16H22ClN3O.ClH/c17-14-3-1-2-13(10-14)11-16(21)20-8-6-19(7-9-20)15-4-5-18-12-15;/h1-3,10,15,18H,4-9,11-12H2;1H. The topological polar surface area (TPSA) is 35.6 Å². The van der Waals surface area contributed by atoms with E-state index in [2.05, 4.69) is 10.2 Å². The first kappa shape index (κ1) is 17.5. The molecule has 3 rings (SSSR count). The van der Waals surface area contributed by atoms with E-state index in [4.69, 9.17) is 11.6 Å². The molecule has 0 spiro atoms. The first-order valence-electron chi connectivity index (χ1n) is 7.69. The molecule has 0 aromatic heterocycles. The molecule has 1 atom stereocenters. The molecule has 4 nitrogen and oxygen atoms in total. The highest BCUT2D eigenvalue weighted by molar-refractivity contribution is 6.30. The molecular weight excluding hydrogens is 321 g/mol. The fraction of sp³-hybridized carbons (Fsp3) is 0.562. The van der Waals surface area contributed by atoms with Crippen LogP contribution in [-0.2, 0) is 11.2 Å². The molecule has 1 unspecified atom stereocenters. The van der Waals surface area contributed by atoms with Crippen LogP contribution in [0.3, 0.4) is 0 Å². The highest BCUT2D eigenvalue weighted by Crippen LogP contribution is 2.15. The van der Waals surface area contributed by atoms with Gasteiger partial charge in [0.15, 0.2) is 0 Å². The fourth-order valence-electron chi connectivity index (χ4n) is 3.22. The minimum Gasteiger partial charge on any atom is -0.340 e. The maximum absolute atomic E-state index is 12.4. The zero-order chi connectivity index (χ0) is 14.7. The van der Waals surface area contributed by atoms with Gasteiger partial charge in [0.05, 0.1) is 6.42 Å². The number of piperazine rings is 1. The number of nitrogens with one attached hydrogen (secondary N) is 1. The van der Waals surface area contributed by atoms with Crippen LogP contribution in [-0.4, -0.2) is 61.0 Å². The molecule has 6 heteroatoms. The summed E-state index contributed by atoms with van der Waals surface area (Å²) in [7, 11) is 0. The summed E-state index contributed by atoms with van der Waals surface area (Å²) in [6.45, 7) is 5.89. The Labute approximate surface area is 143 Å². The molecule has 1 N–H and O–H groups in total. The lowest BCUT2D eigenvalue weighted by Gasteiger charge is -2.37. The van der Waals surface area contributed by atoms with Gasteiger partial charge in [-0.25, -0.2) is 0 Å². The van der Waals surface area contributed by atoms with Crippen molar-refractivity contribution < 1.29 is 4.79 Å². The number of benzene rings is 1. The Morgan fingerprint density at radius 2 is 2.05 bits per heavy atom. The molecule has 1 aromatic carbocycles. The third-order valence-electron chi connectivity index (χ3n) is 4.46. The van der Waals surface area contributed by atoms with Gasteiger partial charge in [-0.3, -0.25) is 9.69 Å². The van der Waals surface area contributed by atoms with Crippen LogP contribution >= 0.6 is 24.0 Å². The van der Waals surface area contributed by atoms with Gasteiger partial charge in [0.2, 0.25) is 5.91 Å². The Bertz CT molecular complexity index is 498. The van der Waals surface area contributed by atoms with E-state index in [1.165, 1.54) is 6.42 Å². The summed E-state index contributed by atoms with van der Waals surface area (Å²) in [5, 5.41) is 4.10. The number of hydrogen-bond acceptors (Lipinski definition) is 3. The molecule has 2 aliphatic rings. The van der Waals surface area contributed by atoms with Crippen molar-refractivity contribution in [3.05, 3.63) is 34.9 Å². The Morgan fingerprint density at radius 1 is 1.27 bits per heavy atom. The lowest BCUT2D eigenvalue weighted by Crippen LogP contribution is -2.52. The average Bonchev–Trinajstić information content (AvgIpc) is 3.01. The van der Waals surface area contributed by atoms with Gasteiger partial charge in [0.1, 0.15) is 0 Å². The summed E-state index contributed by atoms with van der Waals surface area (Å²) in [5.41, 5.74) is 0.995. The minimum atomic E-state index is 0. The highest BCUT2D eigenvalue weighted by atomic mass is 35.5. The maximum Gasteiger partial charge on any atom is 0.227 e. The summed E-state index contributed by atoms with van der Waals surface area (Å²) in [4.78, 5) is 16.9. The van der Waals surface area contributed by atoms with E-state index >= 15 is 0 Å². The number of amides is 1. The van der Waals surface area contributed by atoms with Crippen molar-refractivity contribution in [3.63, 3.8) is 0 Å². The van der Waals surface area contributed by atoms with Gasteiger partial charge in [-0.2, -0.15) is 0 Å². The molecule has 0 radical (unpaired) electrons. The van der Waals surface area contributed by atoms with Crippen molar-refractivity contribution in [2.45, 2.75) is 18.9 Å². The van der Waals surface area contributed by atoms with E-state index in [0.29, 0.717) is 17.5 Å². The number of carbonyl (C=O) groups is 1. The third kappa shape index (κ3) is 4.35. The van der Waals surface area contributed by atoms with Gasteiger partial charge in [-0.1, -0.05) is 23.7 Å². The van der Waals surface area contributed by atoms with Crippen molar-refractivity contribution in [3.8, 4) is 0 Å². The van der Waals surface area contributed by atoms with Crippen LogP contribution in [0.4, 0.5) is 0 Å². The first-order chi connectivity index (χ1) is 10.2. The predicted molar refractivity (Wildman–Crippen MR) is 91.8 cm³/mol. The Balaban J connectivity index is 0.00000176. The van der Waals surface area contributed by atoms with Crippen molar-refractivity contribution in [1.29, 1.82) is 0 Å². The van der Waals surface area contributed by atoms with Crippen LogP contribution in [0.15, 0.2) is 24.3 Å². The minimum absolute atomic E-state index is 0. The first-order valence-corrected chi connectivity index (χ1v) is 8.07. The number of halogens is 2. The number of nitrogens with zero attached hydrogens (tertiary/aromatic N) is 2. The molecule has 0 bridgehead atoms. The second-order valence-corrected chi connectivity index (χ2v) is 6.31. The SMILES string of the molecule is Cl.O=C(Cc1cccc(Cl)c1)N1CCN(C2CCNC2)CC1. The second kappa shape index (κ2) is 8.16. The second-order valence-electron chi connectivity index (χ2n) is 5.87.